The number of aliphatic imine (C=N–C) groups is 1. The Morgan fingerprint density at radius 3 is 2.56 bits per heavy atom. The van der Waals surface area contributed by atoms with Gasteiger partial charge in [-0.1, -0.05) is 44.2 Å². The topological polar surface area (TPSA) is 149 Å². The van der Waals surface area contributed by atoms with E-state index in [9.17, 15) is 14.4 Å². The molecule has 9 heteroatoms. The van der Waals surface area contributed by atoms with Gasteiger partial charge in [0.05, 0.1) is 13.5 Å². The molecule has 0 bridgehead atoms. The van der Waals surface area contributed by atoms with E-state index in [0.717, 1.165) is 48.8 Å². The van der Waals surface area contributed by atoms with Crippen molar-refractivity contribution in [3.8, 4) is 0 Å². The van der Waals surface area contributed by atoms with E-state index in [0.29, 0.717) is 24.9 Å². The Kier molecular flexibility index (Phi) is 11.6. The first-order chi connectivity index (χ1) is 17.2. The summed E-state index contributed by atoms with van der Waals surface area (Å²) in [5.74, 6) is -1.20. The summed E-state index contributed by atoms with van der Waals surface area (Å²) in [6, 6.07) is 5.72. The Balaban J connectivity index is 2.23. The van der Waals surface area contributed by atoms with Gasteiger partial charge in [0.1, 0.15) is 12.1 Å². The fraction of sp³-hybridized carbons (Fsp3) is 0.556. The molecule has 9 nitrogen and oxygen atoms in total. The first-order valence-electron chi connectivity index (χ1n) is 12.5. The second-order valence-corrected chi connectivity index (χ2v) is 9.67. The third kappa shape index (κ3) is 8.48. The number of benzene rings is 1. The fourth-order valence-electron chi connectivity index (χ4n) is 4.74. The first kappa shape index (κ1) is 29.0. The zero-order valence-corrected chi connectivity index (χ0v) is 21.7. The predicted molar refractivity (Wildman–Crippen MR) is 142 cm³/mol. The molecule has 36 heavy (non-hydrogen) atoms. The van der Waals surface area contributed by atoms with E-state index in [-0.39, 0.29) is 12.3 Å². The highest BCUT2D eigenvalue weighted by Crippen LogP contribution is 2.29. The van der Waals surface area contributed by atoms with Gasteiger partial charge in [0, 0.05) is 12.5 Å². The van der Waals surface area contributed by atoms with Crippen molar-refractivity contribution in [1.82, 2.24) is 10.6 Å². The Bertz CT molecular complexity index is 948. The Hall–Kier alpha value is -3.20. The van der Waals surface area contributed by atoms with Crippen LogP contribution in [0.4, 0.5) is 0 Å². The van der Waals surface area contributed by atoms with Crippen LogP contribution in [0.1, 0.15) is 50.2 Å². The highest BCUT2D eigenvalue weighted by molar-refractivity contribution is 5.94. The molecule has 1 fully saturated rings. The van der Waals surface area contributed by atoms with Gasteiger partial charge in [-0.3, -0.25) is 14.4 Å². The van der Waals surface area contributed by atoms with Crippen LogP contribution >= 0.6 is 0 Å². The lowest BCUT2D eigenvalue weighted by Crippen LogP contribution is -2.53. The number of carbonyl (C=O) groups excluding carboxylic acids is 3. The van der Waals surface area contributed by atoms with Crippen LogP contribution in [0, 0.1) is 24.7 Å². The molecule has 1 aliphatic rings. The molecule has 0 spiro atoms. The van der Waals surface area contributed by atoms with E-state index in [2.05, 4.69) is 22.2 Å². The Morgan fingerprint density at radius 1 is 1.22 bits per heavy atom. The number of rotatable bonds is 13. The maximum absolute atomic E-state index is 13.4. The van der Waals surface area contributed by atoms with Gasteiger partial charge in [0.15, 0.2) is 6.40 Å². The smallest absolute Gasteiger partial charge is 0.246 e. The maximum Gasteiger partial charge on any atom is 0.246 e. The highest BCUT2D eigenvalue weighted by Gasteiger charge is 2.33. The van der Waals surface area contributed by atoms with Gasteiger partial charge in [-0.25, -0.2) is 4.99 Å². The number of amides is 3. The van der Waals surface area contributed by atoms with Crippen molar-refractivity contribution in [1.29, 1.82) is 0 Å². The number of nitrogens with two attached hydrogens (primary N) is 2. The monoisotopic (exact) mass is 499 g/mol. The van der Waals surface area contributed by atoms with Gasteiger partial charge in [-0.15, -0.1) is 0 Å². The van der Waals surface area contributed by atoms with Crippen LogP contribution in [-0.4, -0.2) is 56.4 Å². The average molecular weight is 500 g/mol. The van der Waals surface area contributed by atoms with Crippen LogP contribution in [0.3, 0.4) is 0 Å². The number of carbonyl (C=O) groups is 3. The summed E-state index contributed by atoms with van der Waals surface area (Å²) in [6.07, 6.45) is 4.99. The average Bonchev–Trinajstić information content (AvgIpc) is 2.87. The number of methoxy groups -OCH3 is 1. The van der Waals surface area contributed by atoms with E-state index in [1.54, 1.807) is 0 Å². The van der Waals surface area contributed by atoms with E-state index in [1.807, 2.05) is 38.1 Å². The van der Waals surface area contributed by atoms with Gasteiger partial charge in [-0.05, 0) is 61.3 Å². The van der Waals surface area contributed by atoms with E-state index < -0.39 is 29.8 Å². The van der Waals surface area contributed by atoms with Gasteiger partial charge >= 0.3 is 0 Å². The Morgan fingerprint density at radius 2 is 1.92 bits per heavy atom. The molecular weight excluding hydrogens is 458 g/mol. The molecule has 1 saturated carbocycles. The van der Waals surface area contributed by atoms with Crippen LogP contribution in [0.2, 0.25) is 0 Å². The molecule has 3 amide bonds. The predicted octanol–water partition coefficient (Wildman–Crippen LogP) is 1.93. The maximum atomic E-state index is 13.4. The van der Waals surface area contributed by atoms with Gasteiger partial charge in [0.25, 0.3) is 0 Å². The molecule has 0 saturated heterocycles. The lowest BCUT2D eigenvalue weighted by molar-refractivity contribution is -0.131. The standard InChI is InChI=1S/C27H41N5O4/c1-17-8-5-6-11-22(17)18(2)19(3)25(32-26(34)23(13-24(29)33)31-16-36-4)27(35)30-15-21-10-7-9-20(12-21)14-28/h5-6,8,11,16,19-21,23,25H,2,7,9-10,12-15,28H2,1,3-4H3,(H2,29,33)(H,30,35)(H,32,34)/t19-,20+,21-,23?,25+/m0/s1. The van der Waals surface area contributed by atoms with E-state index in [1.165, 1.54) is 7.11 Å². The van der Waals surface area contributed by atoms with Gasteiger partial charge in [-0.2, -0.15) is 0 Å². The van der Waals surface area contributed by atoms with Crippen LogP contribution in [0.5, 0.6) is 0 Å². The number of primary amides is 1. The Labute approximate surface area is 214 Å². The molecular formula is C27H41N5O4. The van der Waals surface area contributed by atoms with Crippen molar-refractivity contribution in [3.05, 3.63) is 42.0 Å². The molecule has 2 rings (SSSR count). The molecule has 6 N–H and O–H groups in total. The molecule has 1 aromatic rings. The first-order valence-corrected chi connectivity index (χ1v) is 12.5. The lowest BCUT2D eigenvalue weighted by Gasteiger charge is -2.31. The number of nitrogens with zero attached hydrogens (tertiary/aromatic N) is 1. The van der Waals surface area contributed by atoms with Gasteiger partial charge < -0.3 is 26.8 Å². The molecule has 1 unspecified atom stereocenters. The van der Waals surface area contributed by atoms with Crippen LogP contribution in [-0.2, 0) is 19.1 Å². The van der Waals surface area contributed by atoms with Crippen molar-refractivity contribution >= 4 is 29.7 Å². The van der Waals surface area contributed by atoms with Crippen LogP contribution in [0.15, 0.2) is 35.8 Å². The molecule has 0 heterocycles. The number of hydrogen-bond acceptors (Lipinski definition) is 6. The molecule has 1 aromatic carbocycles. The van der Waals surface area contributed by atoms with Crippen molar-refractivity contribution in [3.63, 3.8) is 0 Å². The third-order valence-electron chi connectivity index (χ3n) is 6.95. The quantitative estimate of drug-likeness (QED) is 0.242. The minimum absolute atomic E-state index is 0.310. The number of nitrogens with one attached hydrogen (secondary N) is 2. The number of aryl methyl sites for hydroxylation is 1. The summed E-state index contributed by atoms with van der Waals surface area (Å²) >= 11 is 0. The minimum Gasteiger partial charge on any atom is -0.487 e. The molecule has 1 aliphatic carbocycles. The summed E-state index contributed by atoms with van der Waals surface area (Å²) in [5, 5.41) is 5.84. The zero-order valence-electron chi connectivity index (χ0n) is 21.7. The fourth-order valence-corrected chi connectivity index (χ4v) is 4.74. The third-order valence-corrected chi connectivity index (χ3v) is 6.95. The van der Waals surface area contributed by atoms with Crippen molar-refractivity contribution in [2.75, 3.05) is 20.2 Å². The van der Waals surface area contributed by atoms with Crippen LogP contribution in [0.25, 0.3) is 5.57 Å². The summed E-state index contributed by atoms with van der Waals surface area (Å²) in [6.45, 7) is 9.23. The van der Waals surface area contributed by atoms with Crippen molar-refractivity contribution in [2.45, 2.75) is 58.0 Å². The zero-order chi connectivity index (χ0) is 26.7. The van der Waals surface area contributed by atoms with Crippen molar-refractivity contribution < 1.29 is 19.1 Å². The normalized spacial score (nSPS) is 20.2. The summed E-state index contributed by atoms with van der Waals surface area (Å²) < 4.78 is 4.81. The summed E-state index contributed by atoms with van der Waals surface area (Å²) in [5.41, 5.74) is 13.8. The van der Waals surface area contributed by atoms with Crippen molar-refractivity contribution in [2.24, 2.45) is 34.2 Å². The highest BCUT2D eigenvalue weighted by atomic mass is 16.5. The molecule has 198 valence electrons. The number of ether oxygens (including phenoxy) is 1. The largest absolute Gasteiger partial charge is 0.487 e. The van der Waals surface area contributed by atoms with Crippen LogP contribution < -0.4 is 22.1 Å². The summed E-state index contributed by atoms with van der Waals surface area (Å²) in [7, 11) is 1.38. The second kappa shape index (κ2) is 14.4. The van der Waals surface area contributed by atoms with E-state index in [4.69, 9.17) is 16.2 Å². The summed E-state index contributed by atoms with van der Waals surface area (Å²) in [4.78, 5) is 42.1. The number of hydrogen-bond donors (Lipinski definition) is 4. The van der Waals surface area contributed by atoms with Gasteiger partial charge in [0.2, 0.25) is 17.7 Å². The minimum atomic E-state index is -1.11. The molecule has 0 aliphatic heterocycles. The molecule has 0 aromatic heterocycles. The SMILES string of the molecule is C=C(c1ccccc1C)[C@H](C)[C@@H](NC(=O)C(CC(N)=O)N=COC)C(=O)NC[C@H]1CCC[C@@H](CN)C1. The second-order valence-electron chi connectivity index (χ2n) is 9.67. The lowest BCUT2D eigenvalue weighted by atomic mass is 9.81. The van der Waals surface area contributed by atoms with E-state index >= 15 is 0 Å². The molecule has 0 radical (unpaired) electrons. The molecule has 5 atom stereocenters.